The van der Waals surface area contributed by atoms with Crippen LogP contribution in [0.4, 0.5) is 74.5 Å². The van der Waals surface area contributed by atoms with Crippen LogP contribution in [-0.4, -0.2) is 95.7 Å². The number of aliphatic hydroxyl groups excluding tert-OH is 4. The summed E-state index contributed by atoms with van der Waals surface area (Å²) in [5, 5.41) is 43.1. The standard InChI is InChI=1S/C22H12F6N4O4S2.C15H15F3N2O3S.C11H8F3NO2S.2Co/c23-21(24,25)15(33)7-17-31-11-3-1-9(5-13(11)37-17)29-19(35)20(36)30-10-2-4-12-14(6-10)38-18(32-12)8-16(34)22(26,27)28;1-14(2,3)23-13(22)19-8-4-5-9-10(6-8)24-12(20-9)7-11(21)15(16,17)18;1-17-6-2-3-8-7(4-6)15-10(18-8)5-9(16)11(12,13)14;;/h1-8,33-34H,(H,29,35)(H,30,36);4-7,21H,1-3H3,(H,19,22);2-5,16H,1H3;;/b15-7-,16-8-;11-7-;9-5-;;. The molecule has 82 heavy (non-hydrogen) atoms. The number of halogens is 12. The van der Waals surface area contributed by atoms with Gasteiger partial charge in [-0.05, 0) is 87.5 Å². The number of hydrogen-bond donors (Lipinski definition) is 7. The van der Waals surface area contributed by atoms with Gasteiger partial charge in [0.1, 0.15) is 31.4 Å². The van der Waals surface area contributed by atoms with Crippen LogP contribution < -0.4 is 20.7 Å². The topological polar surface area (TPSA) is 238 Å². The second-order valence-electron chi connectivity index (χ2n) is 16.7. The minimum absolute atomic E-state index is 0. The van der Waals surface area contributed by atoms with Crippen LogP contribution in [0.2, 0.25) is 0 Å². The maximum atomic E-state index is 12.5. The second kappa shape index (κ2) is 26.8. The number of hydrogen-bond acceptors (Lipinski definition) is 17. The van der Waals surface area contributed by atoms with Crippen molar-refractivity contribution < 1.29 is 131 Å². The SMILES string of the molecule is CC(C)(C)OC(=O)Nc1ccc2nc(/C=C(\O)C(F)(F)F)sc2c1.COc1ccc2sc(/C=C(\O)C(F)(F)F)nc2c1.O=C(Nc1ccc2nc(/C=C(\O)C(F)(F)F)sc2c1)C(=O)Nc1ccc2nc(/C=C(\O)C(F)(F)F)sc2c1.[Co].[Co]. The van der Waals surface area contributed by atoms with E-state index in [0.29, 0.717) is 71.9 Å². The van der Waals surface area contributed by atoms with Gasteiger partial charge in [-0.25, -0.2) is 24.7 Å². The number of alkyl halides is 12. The molecule has 0 aliphatic carbocycles. The maximum Gasteiger partial charge on any atom is 0.448 e. The predicted molar refractivity (Wildman–Crippen MR) is 279 cm³/mol. The smallest absolute Gasteiger partial charge is 0.448 e. The Balaban J connectivity index is 0.000000282. The Kier molecular flexibility index (Phi) is 22.0. The van der Waals surface area contributed by atoms with Crippen LogP contribution in [0.15, 0.2) is 95.8 Å². The van der Waals surface area contributed by atoms with Gasteiger partial charge in [0.2, 0.25) is 23.0 Å². The third-order valence-corrected chi connectivity index (χ3v) is 13.3. The molecule has 0 unspecified atom stereocenters. The molecular weight excluding hydrogens is 1290 g/mol. The number of methoxy groups -OCH3 is 1. The summed E-state index contributed by atoms with van der Waals surface area (Å²) in [4.78, 5) is 52.2. The molecule has 8 rings (SSSR count). The molecule has 7 N–H and O–H groups in total. The fraction of sp³-hybridized carbons (Fsp3) is 0.188. The van der Waals surface area contributed by atoms with Crippen LogP contribution in [0.5, 0.6) is 5.75 Å². The molecule has 4 aromatic heterocycles. The number of carbonyl (C=O) groups is 3. The van der Waals surface area contributed by atoms with Gasteiger partial charge in [0.15, 0.2) is 0 Å². The van der Waals surface area contributed by atoms with E-state index in [1.165, 1.54) is 43.5 Å². The van der Waals surface area contributed by atoms with E-state index >= 15 is 0 Å². The summed E-state index contributed by atoms with van der Waals surface area (Å²) >= 11 is 3.65. The number of amides is 3. The van der Waals surface area contributed by atoms with Gasteiger partial charge < -0.3 is 40.5 Å². The summed E-state index contributed by atoms with van der Waals surface area (Å²) in [5.41, 5.74) is 1.66. The maximum absolute atomic E-state index is 12.5. The average Bonchev–Trinajstić information content (AvgIpc) is 4.35. The Morgan fingerprint density at radius 3 is 1.06 bits per heavy atom. The molecule has 0 aliphatic rings. The van der Waals surface area contributed by atoms with Gasteiger partial charge >= 0.3 is 42.6 Å². The van der Waals surface area contributed by atoms with Gasteiger partial charge in [0.05, 0.1) is 48.0 Å². The Hall–Kier alpha value is -7.22. The molecule has 2 radical (unpaired) electrons. The van der Waals surface area contributed by atoms with E-state index in [9.17, 15) is 67.1 Å². The molecule has 0 spiro atoms. The zero-order valence-electron chi connectivity index (χ0n) is 41.2. The first-order valence-corrected chi connectivity index (χ1v) is 25.0. The van der Waals surface area contributed by atoms with Crippen LogP contribution in [0.3, 0.4) is 0 Å². The molecule has 8 aromatic rings. The van der Waals surface area contributed by atoms with Crippen molar-refractivity contribution >= 4 is 145 Å². The zero-order chi connectivity index (χ0) is 59.3. The fourth-order valence-electron chi connectivity index (χ4n) is 5.95. The van der Waals surface area contributed by atoms with Crippen molar-refractivity contribution in [2.75, 3.05) is 23.1 Å². The third-order valence-electron chi connectivity index (χ3n) is 9.40. The molecule has 16 nitrogen and oxygen atoms in total. The first-order valence-electron chi connectivity index (χ1n) is 21.7. The Morgan fingerprint density at radius 2 is 0.756 bits per heavy atom. The average molecular weight is 1330 g/mol. The fourth-order valence-corrected chi connectivity index (χ4v) is 9.67. The first kappa shape index (κ1) is 67.3. The Labute approximate surface area is 488 Å². The first-order chi connectivity index (χ1) is 37.0. The van der Waals surface area contributed by atoms with E-state index < -0.39 is 71.3 Å². The number of rotatable bonds is 8. The van der Waals surface area contributed by atoms with E-state index in [2.05, 4.69) is 35.9 Å². The number of carbonyl (C=O) groups excluding carboxylic acids is 3. The molecule has 0 bridgehead atoms. The summed E-state index contributed by atoms with van der Waals surface area (Å²) in [6.07, 6.45) is -18.0. The van der Waals surface area contributed by atoms with E-state index in [4.69, 9.17) is 29.9 Å². The number of aromatic nitrogens is 4. The molecular formula is C48H35Co2F12N7O9S4. The van der Waals surface area contributed by atoms with E-state index in [1.54, 1.807) is 57.2 Å². The Bertz CT molecular complexity index is 3630. The van der Waals surface area contributed by atoms with Gasteiger partial charge in [-0.2, -0.15) is 52.7 Å². The van der Waals surface area contributed by atoms with Crippen molar-refractivity contribution in [3.63, 3.8) is 0 Å². The second-order valence-corrected chi connectivity index (χ2v) is 21.0. The number of anilines is 3. The summed E-state index contributed by atoms with van der Waals surface area (Å²) in [6, 6.07) is 18.0. The molecule has 0 atom stereocenters. The van der Waals surface area contributed by atoms with Gasteiger partial charge in [-0.15, -0.1) is 45.3 Å². The van der Waals surface area contributed by atoms with Crippen LogP contribution in [0.1, 0.15) is 40.8 Å². The minimum Gasteiger partial charge on any atom is -0.504 e. The third kappa shape index (κ3) is 19.2. The molecule has 0 fully saturated rings. The summed E-state index contributed by atoms with van der Waals surface area (Å²) in [7, 11) is 1.49. The summed E-state index contributed by atoms with van der Waals surface area (Å²) in [5.74, 6) is -8.58. The van der Waals surface area contributed by atoms with Crippen molar-refractivity contribution in [2.45, 2.75) is 51.1 Å². The number of ether oxygens (including phenoxy) is 2. The molecule has 34 heteroatoms. The number of thiazole rings is 4. The summed E-state index contributed by atoms with van der Waals surface area (Å²) < 4.78 is 161. The molecule has 0 aliphatic heterocycles. The summed E-state index contributed by atoms with van der Waals surface area (Å²) in [6.45, 7) is 5.18. The van der Waals surface area contributed by atoms with Crippen molar-refractivity contribution in [3.05, 3.63) is 116 Å². The number of allylic oxidation sites excluding steroid dienone is 4. The molecule has 0 saturated heterocycles. The van der Waals surface area contributed by atoms with Crippen LogP contribution in [0.25, 0.3) is 65.2 Å². The molecule has 442 valence electrons. The van der Waals surface area contributed by atoms with Crippen LogP contribution in [-0.2, 0) is 47.9 Å². The number of benzene rings is 4. The Morgan fingerprint density at radius 1 is 0.451 bits per heavy atom. The van der Waals surface area contributed by atoms with Gasteiger partial charge in [-0.1, -0.05) is 0 Å². The number of aliphatic hydroxyl groups is 4. The number of nitrogens with one attached hydrogen (secondary N) is 3. The van der Waals surface area contributed by atoms with Gasteiger partial charge in [0, 0.05) is 81.0 Å². The molecule has 4 heterocycles. The van der Waals surface area contributed by atoms with Crippen molar-refractivity contribution in [1.29, 1.82) is 0 Å². The molecule has 4 aromatic carbocycles. The van der Waals surface area contributed by atoms with E-state index in [0.717, 1.165) is 50.0 Å². The van der Waals surface area contributed by atoms with Crippen LogP contribution in [0, 0.1) is 0 Å². The van der Waals surface area contributed by atoms with Crippen molar-refractivity contribution in [1.82, 2.24) is 19.9 Å². The van der Waals surface area contributed by atoms with Crippen LogP contribution >= 0.6 is 45.3 Å². The van der Waals surface area contributed by atoms with Crippen molar-refractivity contribution in [3.8, 4) is 5.75 Å². The number of nitrogens with zero attached hydrogens (tertiary/aromatic N) is 4. The predicted octanol–water partition coefficient (Wildman–Crippen LogP) is 15.3. The molecule has 3 amide bonds. The molecule has 0 saturated carbocycles. The largest absolute Gasteiger partial charge is 0.504 e. The van der Waals surface area contributed by atoms with Gasteiger partial charge in [-0.3, -0.25) is 14.9 Å². The van der Waals surface area contributed by atoms with Gasteiger partial charge in [0.25, 0.3) is 0 Å². The van der Waals surface area contributed by atoms with Crippen molar-refractivity contribution in [2.24, 2.45) is 0 Å². The minimum atomic E-state index is -4.93. The normalized spacial score (nSPS) is 12.8. The van der Waals surface area contributed by atoms with E-state index in [-0.39, 0.29) is 65.0 Å². The van der Waals surface area contributed by atoms with E-state index in [1.807, 2.05) is 0 Å². The number of fused-ring (bicyclic) bond motifs is 4. The monoisotopic (exact) mass is 1330 g/mol. The zero-order valence-corrected chi connectivity index (χ0v) is 46.5. The quantitative estimate of drug-likeness (QED) is 0.0426.